The van der Waals surface area contributed by atoms with Crippen molar-refractivity contribution in [2.24, 2.45) is 10.9 Å². The first kappa shape index (κ1) is 21.8. The smallest absolute Gasteiger partial charge is 0.252 e. The van der Waals surface area contributed by atoms with Crippen LogP contribution < -0.4 is 5.32 Å². The Morgan fingerprint density at radius 2 is 2.31 bits per heavy atom. The maximum absolute atomic E-state index is 12.6. The number of sulfonamides is 1. The van der Waals surface area contributed by atoms with Crippen LogP contribution >= 0.6 is 11.3 Å². The molecule has 0 amide bonds. The zero-order chi connectivity index (χ0) is 20.9. The third-order valence-corrected chi connectivity index (χ3v) is 8.53. The minimum Gasteiger partial charge on any atom is -0.357 e. The number of nitrogens with zero attached hydrogens (tertiary/aromatic N) is 5. The second-order valence-corrected chi connectivity index (χ2v) is 10.5. The summed E-state index contributed by atoms with van der Waals surface area (Å²) in [6.07, 6.45) is 6.77. The van der Waals surface area contributed by atoms with Crippen LogP contribution in [0.4, 0.5) is 0 Å². The highest BCUT2D eigenvalue weighted by Crippen LogP contribution is 2.27. The van der Waals surface area contributed by atoms with Crippen molar-refractivity contribution in [3.05, 3.63) is 36.2 Å². The third-order valence-electron chi connectivity index (χ3n) is 5.30. The Labute approximate surface area is 177 Å². The van der Waals surface area contributed by atoms with E-state index < -0.39 is 10.0 Å². The summed E-state index contributed by atoms with van der Waals surface area (Å²) in [5.74, 6) is 1.40. The van der Waals surface area contributed by atoms with Crippen molar-refractivity contribution in [1.29, 1.82) is 0 Å². The van der Waals surface area contributed by atoms with Crippen molar-refractivity contribution in [2.45, 2.75) is 30.5 Å². The maximum atomic E-state index is 12.6. The van der Waals surface area contributed by atoms with Gasteiger partial charge in [0.2, 0.25) is 0 Å². The summed E-state index contributed by atoms with van der Waals surface area (Å²) >= 11 is 1.23. The first-order valence-corrected chi connectivity index (χ1v) is 12.3. The van der Waals surface area contributed by atoms with Gasteiger partial charge in [-0.2, -0.15) is 4.31 Å². The van der Waals surface area contributed by atoms with Gasteiger partial charge in [-0.3, -0.25) is 4.99 Å². The van der Waals surface area contributed by atoms with E-state index in [0.29, 0.717) is 29.3 Å². The van der Waals surface area contributed by atoms with Gasteiger partial charge < -0.3 is 14.8 Å². The molecule has 1 fully saturated rings. The molecular weight excluding hydrogens is 408 g/mol. The normalized spacial score (nSPS) is 21.0. The second kappa shape index (κ2) is 9.73. The fourth-order valence-corrected chi connectivity index (χ4v) is 5.86. The quantitative estimate of drug-likeness (QED) is 0.529. The Bertz CT molecular complexity index is 880. The van der Waals surface area contributed by atoms with E-state index in [-0.39, 0.29) is 0 Å². The SMILES string of the molecule is CCNC(=NCCN(C)S(=O)(=O)c1cccs1)N1CCC(C)C(n2ccnc2)C1. The summed E-state index contributed by atoms with van der Waals surface area (Å²) in [4.78, 5) is 11.2. The number of thiophene rings is 1. The molecule has 1 saturated heterocycles. The number of guanidine groups is 1. The molecule has 160 valence electrons. The number of hydrogen-bond acceptors (Lipinski definition) is 5. The van der Waals surface area contributed by atoms with Crippen molar-refractivity contribution in [1.82, 2.24) is 24.1 Å². The highest BCUT2D eigenvalue weighted by Gasteiger charge is 2.29. The molecule has 0 radical (unpaired) electrons. The molecule has 1 aliphatic heterocycles. The highest BCUT2D eigenvalue weighted by atomic mass is 32.2. The molecule has 3 rings (SSSR count). The summed E-state index contributed by atoms with van der Waals surface area (Å²) in [5, 5.41) is 5.13. The van der Waals surface area contributed by atoms with Crippen molar-refractivity contribution in [3.63, 3.8) is 0 Å². The summed E-state index contributed by atoms with van der Waals surface area (Å²) < 4.78 is 29.0. The van der Waals surface area contributed by atoms with Gasteiger partial charge in [0.05, 0.1) is 18.9 Å². The monoisotopic (exact) mass is 438 g/mol. The van der Waals surface area contributed by atoms with Crippen molar-refractivity contribution < 1.29 is 8.42 Å². The summed E-state index contributed by atoms with van der Waals surface area (Å²) in [7, 11) is -1.83. The van der Waals surface area contributed by atoms with Crippen LogP contribution in [0.3, 0.4) is 0 Å². The molecule has 0 bridgehead atoms. The Hall–Kier alpha value is -1.91. The average molecular weight is 439 g/mol. The molecule has 0 aromatic carbocycles. The Kier molecular flexibility index (Phi) is 7.31. The maximum Gasteiger partial charge on any atom is 0.252 e. The van der Waals surface area contributed by atoms with Crippen LogP contribution in [0.15, 0.2) is 45.4 Å². The molecule has 2 unspecified atom stereocenters. The molecule has 8 nitrogen and oxygen atoms in total. The van der Waals surface area contributed by atoms with Crippen LogP contribution in [-0.2, 0) is 10.0 Å². The molecule has 10 heteroatoms. The number of nitrogens with one attached hydrogen (secondary N) is 1. The number of aromatic nitrogens is 2. The number of aliphatic imine (C=N–C) groups is 1. The summed E-state index contributed by atoms with van der Waals surface area (Å²) in [5.41, 5.74) is 0. The standard InChI is InChI=1S/C19H30N6O2S2/c1-4-21-19(22-9-11-23(3)29(26,27)18-6-5-13-28-18)24-10-7-16(2)17(14-24)25-12-8-20-15-25/h5-6,8,12-13,15-17H,4,7,9-11,14H2,1-3H3,(H,21,22). The number of imidazole rings is 1. The van der Waals surface area contributed by atoms with Gasteiger partial charge in [-0.05, 0) is 30.7 Å². The van der Waals surface area contributed by atoms with Crippen LogP contribution in [0.25, 0.3) is 0 Å². The fraction of sp³-hybridized carbons (Fsp3) is 0.579. The molecule has 29 heavy (non-hydrogen) atoms. The molecule has 3 heterocycles. The molecule has 1 N–H and O–H groups in total. The van der Waals surface area contributed by atoms with Gasteiger partial charge in [0.15, 0.2) is 5.96 Å². The molecule has 2 aromatic rings. The highest BCUT2D eigenvalue weighted by molar-refractivity contribution is 7.91. The van der Waals surface area contributed by atoms with Gasteiger partial charge in [0.1, 0.15) is 4.21 Å². The molecule has 0 aliphatic carbocycles. The molecule has 1 aliphatic rings. The Balaban J connectivity index is 1.65. The number of piperidine rings is 1. The van der Waals surface area contributed by atoms with E-state index in [2.05, 4.69) is 26.7 Å². The van der Waals surface area contributed by atoms with E-state index in [4.69, 9.17) is 4.99 Å². The van der Waals surface area contributed by atoms with Gasteiger partial charge in [-0.15, -0.1) is 11.3 Å². The lowest BCUT2D eigenvalue weighted by atomic mass is 9.93. The molecule has 0 spiro atoms. The molecule has 2 atom stereocenters. The number of likely N-dealkylation sites (N-methyl/N-ethyl adjacent to an activating group) is 1. The predicted octanol–water partition coefficient (Wildman–Crippen LogP) is 2.11. The van der Waals surface area contributed by atoms with Crippen molar-refractivity contribution in [3.8, 4) is 0 Å². The topological polar surface area (TPSA) is 82.8 Å². The molecule has 2 aromatic heterocycles. The van der Waals surface area contributed by atoms with E-state index in [1.54, 1.807) is 24.6 Å². The van der Waals surface area contributed by atoms with Gasteiger partial charge in [0, 0.05) is 45.6 Å². The Morgan fingerprint density at radius 3 is 2.97 bits per heavy atom. The second-order valence-electron chi connectivity index (χ2n) is 7.28. The third kappa shape index (κ3) is 5.18. The fourth-order valence-electron chi connectivity index (χ4n) is 3.50. The van der Waals surface area contributed by atoms with E-state index in [9.17, 15) is 8.42 Å². The van der Waals surface area contributed by atoms with Gasteiger partial charge in [-0.1, -0.05) is 13.0 Å². The minimum absolute atomic E-state index is 0.338. The van der Waals surface area contributed by atoms with E-state index in [0.717, 1.165) is 32.0 Å². The van der Waals surface area contributed by atoms with Gasteiger partial charge in [0.25, 0.3) is 10.0 Å². The van der Waals surface area contributed by atoms with Crippen LogP contribution in [0.5, 0.6) is 0 Å². The van der Waals surface area contributed by atoms with Gasteiger partial charge in [-0.25, -0.2) is 13.4 Å². The lowest BCUT2D eigenvalue weighted by Crippen LogP contribution is -2.49. The number of likely N-dealkylation sites (tertiary alicyclic amines) is 1. The lowest BCUT2D eigenvalue weighted by molar-refractivity contribution is 0.189. The molecular formula is C19H30N6O2S2. The van der Waals surface area contributed by atoms with Crippen LogP contribution in [-0.4, -0.2) is 72.9 Å². The van der Waals surface area contributed by atoms with Gasteiger partial charge >= 0.3 is 0 Å². The Morgan fingerprint density at radius 1 is 1.48 bits per heavy atom. The lowest BCUT2D eigenvalue weighted by Gasteiger charge is -2.39. The van der Waals surface area contributed by atoms with Crippen LogP contribution in [0.2, 0.25) is 0 Å². The zero-order valence-electron chi connectivity index (χ0n) is 17.2. The largest absolute Gasteiger partial charge is 0.357 e. The van der Waals surface area contributed by atoms with Crippen LogP contribution in [0.1, 0.15) is 26.3 Å². The summed E-state index contributed by atoms with van der Waals surface area (Å²) in [6, 6.07) is 3.73. The van der Waals surface area contributed by atoms with E-state index in [1.807, 2.05) is 25.6 Å². The van der Waals surface area contributed by atoms with Crippen molar-refractivity contribution >= 4 is 27.3 Å². The van der Waals surface area contributed by atoms with E-state index in [1.165, 1.54) is 15.6 Å². The van der Waals surface area contributed by atoms with Crippen LogP contribution in [0, 0.1) is 5.92 Å². The zero-order valence-corrected chi connectivity index (χ0v) is 18.9. The average Bonchev–Trinajstić information content (AvgIpc) is 3.42. The number of hydrogen-bond donors (Lipinski definition) is 1. The first-order valence-electron chi connectivity index (χ1n) is 9.94. The summed E-state index contributed by atoms with van der Waals surface area (Å²) in [6.45, 7) is 7.62. The molecule has 0 saturated carbocycles. The number of rotatable bonds is 7. The van der Waals surface area contributed by atoms with E-state index >= 15 is 0 Å². The predicted molar refractivity (Wildman–Crippen MR) is 117 cm³/mol. The van der Waals surface area contributed by atoms with Crippen molar-refractivity contribution in [2.75, 3.05) is 39.8 Å². The first-order chi connectivity index (χ1) is 13.9. The minimum atomic E-state index is -3.44.